The van der Waals surface area contributed by atoms with Gasteiger partial charge < -0.3 is 0 Å². The Labute approximate surface area is 87.0 Å². The summed E-state index contributed by atoms with van der Waals surface area (Å²) in [5, 5.41) is 0. The monoisotopic (exact) mass is 229 g/mol. The summed E-state index contributed by atoms with van der Waals surface area (Å²) in [7, 11) is 1.42. The van der Waals surface area contributed by atoms with Crippen molar-refractivity contribution in [2.45, 2.75) is 4.21 Å². The Kier molecular flexibility index (Phi) is 2.20. The van der Waals surface area contributed by atoms with Crippen molar-refractivity contribution in [2.75, 3.05) is 6.26 Å². The van der Waals surface area contributed by atoms with Crippen LogP contribution in [0.25, 0.3) is 4.96 Å². The van der Waals surface area contributed by atoms with Gasteiger partial charge in [0.25, 0.3) is 0 Å². The molecular weight excluding hydrogens is 222 g/mol. The van der Waals surface area contributed by atoms with Gasteiger partial charge in [-0.05, 0) is 6.26 Å². The molecule has 2 aromatic rings. The number of nitrogens with zero attached hydrogens (tertiary/aromatic N) is 3. The van der Waals surface area contributed by atoms with Gasteiger partial charge in [0.15, 0.2) is 0 Å². The lowest BCUT2D eigenvalue weighted by Crippen LogP contribution is -2.36. The molecule has 0 radical (unpaired) electrons. The normalized spacial score (nSPS) is 11.0. The predicted octanol–water partition coefficient (Wildman–Crippen LogP) is 0.177. The fourth-order valence-electron chi connectivity index (χ4n) is 1.03. The molecule has 0 N–H and O–H groups in total. The van der Waals surface area contributed by atoms with Crippen LogP contribution in [0.3, 0.4) is 0 Å². The van der Waals surface area contributed by atoms with Crippen molar-refractivity contribution < 1.29 is 0 Å². The lowest BCUT2D eigenvalue weighted by Gasteiger charge is -1.94. The zero-order chi connectivity index (χ0) is 10.3. The molecule has 0 amide bonds. The van der Waals surface area contributed by atoms with Crippen LogP contribution in [0, 0.1) is 0 Å². The molecule has 0 unspecified atom stereocenters. The van der Waals surface area contributed by atoms with Crippen molar-refractivity contribution in [1.29, 1.82) is 0 Å². The zero-order valence-electron chi connectivity index (χ0n) is 7.55. The third kappa shape index (κ3) is 1.28. The predicted molar refractivity (Wildman–Crippen MR) is 56.4 cm³/mol. The van der Waals surface area contributed by atoms with Gasteiger partial charge in [-0.25, -0.2) is 18.6 Å². The minimum Gasteiger partial charge on any atom is -0.247 e. The smallest absolute Gasteiger partial charge is 0.247 e. The van der Waals surface area contributed by atoms with Crippen LogP contribution in [0.2, 0.25) is 0 Å². The summed E-state index contributed by atoms with van der Waals surface area (Å²) >= 11 is 2.86. The largest absolute Gasteiger partial charge is 0.354 e. The van der Waals surface area contributed by atoms with Gasteiger partial charge in [-0.1, -0.05) is 11.3 Å². The number of fused-ring (bicyclic) bond motifs is 1. The van der Waals surface area contributed by atoms with E-state index < -0.39 is 5.69 Å². The molecule has 5 nitrogen and oxygen atoms in total. The first-order valence-corrected chi connectivity index (χ1v) is 5.81. The number of thiazole rings is 1. The molecule has 7 heteroatoms. The summed E-state index contributed by atoms with van der Waals surface area (Å²) in [5.41, 5.74) is -0.860. The molecule has 0 saturated heterocycles. The van der Waals surface area contributed by atoms with Gasteiger partial charge in [0.1, 0.15) is 0 Å². The summed E-state index contributed by atoms with van der Waals surface area (Å²) in [6, 6.07) is 0. The highest BCUT2D eigenvalue weighted by atomic mass is 32.2. The lowest BCUT2D eigenvalue weighted by molar-refractivity contribution is 0.722. The average Bonchev–Trinajstić information content (AvgIpc) is 2.57. The summed E-state index contributed by atoms with van der Waals surface area (Å²) in [4.78, 5) is 27.0. The fraction of sp³-hybridized carbons (Fsp3) is 0.286. The molecule has 14 heavy (non-hydrogen) atoms. The van der Waals surface area contributed by atoms with Crippen LogP contribution in [0.4, 0.5) is 0 Å². The SMILES string of the molecule is CSc1cn2c(=O)n(C)c(=O)nc2s1. The van der Waals surface area contributed by atoms with Crippen LogP contribution in [0.1, 0.15) is 0 Å². The molecular formula is C7H7N3O2S2. The molecule has 74 valence electrons. The Hall–Kier alpha value is -1.08. The standard InChI is InChI=1S/C7H7N3O2S2/c1-9-5(11)8-6-10(7(9)12)3-4(13-2)14-6/h3H,1-2H3. The van der Waals surface area contributed by atoms with Crippen LogP contribution in [0.5, 0.6) is 0 Å². The molecule has 2 rings (SSSR count). The second-order valence-electron chi connectivity index (χ2n) is 2.64. The van der Waals surface area contributed by atoms with E-state index in [1.165, 1.54) is 34.5 Å². The van der Waals surface area contributed by atoms with E-state index in [0.717, 1.165) is 8.78 Å². The highest BCUT2D eigenvalue weighted by Gasteiger charge is 2.07. The van der Waals surface area contributed by atoms with Crippen LogP contribution in [-0.4, -0.2) is 20.2 Å². The van der Waals surface area contributed by atoms with Crippen molar-refractivity contribution in [2.24, 2.45) is 7.05 Å². The lowest BCUT2D eigenvalue weighted by atomic mass is 10.8. The van der Waals surface area contributed by atoms with Gasteiger partial charge in [-0.15, -0.1) is 11.8 Å². The Morgan fingerprint density at radius 1 is 1.50 bits per heavy atom. The van der Waals surface area contributed by atoms with Crippen LogP contribution < -0.4 is 11.4 Å². The van der Waals surface area contributed by atoms with Crippen molar-refractivity contribution in [1.82, 2.24) is 14.0 Å². The molecule has 0 saturated carbocycles. The first kappa shape index (κ1) is 9.47. The Morgan fingerprint density at radius 3 is 2.86 bits per heavy atom. The van der Waals surface area contributed by atoms with E-state index >= 15 is 0 Å². The highest BCUT2D eigenvalue weighted by Crippen LogP contribution is 2.22. The van der Waals surface area contributed by atoms with Gasteiger partial charge >= 0.3 is 11.4 Å². The van der Waals surface area contributed by atoms with Gasteiger partial charge in [-0.2, -0.15) is 4.98 Å². The van der Waals surface area contributed by atoms with E-state index in [9.17, 15) is 9.59 Å². The van der Waals surface area contributed by atoms with Gasteiger partial charge in [0.2, 0.25) is 4.96 Å². The van der Waals surface area contributed by atoms with E-state index in [-0.39, 0.29) is 5.69 Å². The topological polar surface area (TPSA) is 56.4 Å². The summed E-state index contributed by atoms with van der Waals surface area (Å²) < 4.78 is 3.34. The van der Waals surface area contributed by atoms with Crippen molar-refractivity contribution in [3.8, 4) is 0 Å². The summed E-state index contributed by atoms with van der Waals surface area (Å²) in [6.45, 7) is 0. The molecule has 0 spiro atoms. The Morgan fingerprint density at radius 2 is 2.21 bits per heavy atom. The second-order valence-corrected chi connectivity index (χ2v) is 4.76. The van der Waals surface area contributed by atoms with Crippen molar-refractivity contribution in [3.05, 3.63) is 27.2 Å². The molecule has 0 atom stereocenters. The van der Waals surface area contributed by atoms with E-state index in [1.807, 2.05) is 6.26 Å². The quantitative estimate of drug-likeness (QED) is 0.654. The minimum atomic E-state index is -0.510. The van der Waals surface area contributed by atoms with Gasteiger partial charge in [-0.3, -0.25) is 0 Å². The Balaban J connectivity index is 2.95. The molecule has 2 heterocycles. The van der Waals surface area contributed by atoms with Crippen molar-refractivity contribution >= 4 is 28.1 Å². The molecule has 0 aliphatic carbocycles. The average molecular weight is 229 g/mol. The first-order chi connectivity index (χ1) is 6.63. The number of thioether (sulfide) groups is 1. The van der Waals surface area contributed by atoms with Crippen LogP contribution in [0.15, 0.2) is 20.0 Å². The zero-order valence-corrected chi connectivity index (χ0v) is 9.18. The van der Waals surface area contributed by atoms with Crippen LogP contribution in [-0.2, 0) is 7.05 Å². The van der Waals surface area contributed by atoms with E-state index in [1.54, 1.807) is 6.20 Å². The van der Waals surface area contributed by atoms with E-state index in [4.69, 9.17) is 0 Å². The molecule has 0 aliphatic rings. The number of aromatic nitrogens is 3. The van der Waals surface area contributed by atoms with Gasteiger partial charge in [0.05, 0.1) is 4.21 Å². The third-order valence-corrected chi connectivity index (χ3v) is 3.84. The molecule has 0 bridgehead atoms. The van der Waals surface area contributed by atoms with E-state index in [0.29, 0.717) is 4.96 Å². The molecule has 0 fully saturated rings. The number of hydrogen-bond donors (Lipinski definition) is 0. The minimum absolute atomic E-state index is 0.350. The van der Waals surface area contributed by atoms with E-state index in [2.05, 4.69) is 4.98 Å². The van der Waals surface area contributed by atoms with Crippen LogP contribution >= 0.6 is 23.1 Å². The summed E-state index contributed by atoms with van der Waals surface area (Å²) in [5.74, 6) is 0. The van der Waals surface area contributed by atoms with Crippen molar-refractivity contribution in [3.63, 3.8) is 0 Å². The maximum atomic E-state index is 11.6. The number of rotatable bonds is 1. The summed E-state index contributed by atoms with van der Waals surface area (Å²) in [6.07, 6.45) is 3.60. The second kappa shape index (κ2) is 3.25. The molecule has 2 aromatic heterocycles. The first-order valence-electron chi connectivity index (χ1n) is 3.76. The number of hydrogen-bond acceptors (Lipinski definition) is 5. The maximum absolute atomic E-state index is 11.6. The fourth-order valence-corrected chi connectivity index (χ4v) is 2.49. The maximum Gasteiger partial charge on any atom is 0.354 e. The molecule has 0 aromatic carbocycles. The highest BCUT2D eigenvalue weighted by molar-refractivity contribution is 8.00. The third-order valence-electron chi connectivity index (χ3n) is 1.80. The van der Waals surface area contributed by atoms with Gasteiger partial charge in [0, 0.05) is 13.2 Å². The molecule has 0 aliphatic heterocycles. The Bertz CT molecular complexity index is 595.